The van der Waals surface area contributed by atoms with Crippen molar-refractivity contribution in [2.75, 3.05) is 34.4 Å². The van der Waals surface area contributed by atoms with Crippen molar-refractivity contribution < 1.29 is 28.6 Å². The lowest BCUT2D eigenvalue weighted by molar-refractivity contribution is -0.146. The highest BCUT2D eigenvalue weighted by Gasteiger charge is 2.55. The van der Waals surface area contributed by atoms with Crippen molar-refractivity contribution in [1.29, 1.82) is 0 Å². The van der Waals surface area contributed by atoms with Crippen LogP contribution in [0, 0.1) is 11.7 Å². The molecule has 0 radical (unpaired) electrons. The maximum Gasteiger partial charge on any atom is 0.309 e. The molecule has 0 saturated carbocycles. The number of piperidine rings is 1. The molecule has 2 aliphatic heterocycles. The Bertz CT molecular complexity index is 746. The summed E-state index contributed by atoms with van der Waals surface area (Å²) in [6.45, 7) is 1.57. The zero-order valence-corrected chi connectivity index (χ0v) is 15.8. The molecule has 1 unspecified atom stereocenters. The fourth-order valence-corrected chi connectivity index (χ4v) is 4.34. The Hall–Kier alpha value is -2.35. The van der Waals surface area contributed by atoms with Crippen molar-refractivity contribution in [2.24, 2.45) is 5.92 Å². The normalized spacial score (nSPS) is 22.3. The lowest BCUT2D eigenvalue weighted by Crippen LogP contribution is -2.55. The van der Waals surface area contributed by atoms with E-state index in [1.165, 1.54) is 20.3 Å². The van der Waals surface area contributed by atoms with E-state index < -0.39 is 17.4 Å². The molecule has 2 heterocycles. The largest absolute Gasteiger partial charge is 0.493 e. The van der Waals surface area contributed by atoms with Gasteiger partial charge in [0.15, 0.2) is 11.5 Å². The number of carboxylic acids is 1. The predicted octanol–water partition coefficient (Wildman–Crippen LogP) is 1.74. The van der Waals surface area contributed by atoms with Crippen LogP contribution in [0.5, 0.6) is 11.5 Å². The molecule has 2 aliphatic rings. The molecule has 0 bridgehead atoms. The third-order valence-corrected chi connectivity index (χ3v) is 6.04. The van der Waals surface area contributed by atoms with Gasteiger partial charge in [-0.05, 0) is 18.9 Å². The predicted molar refractivity (Wildman–Crippen MR) is 95.3 cm³/mol. The molecule has 0 aliphatic carbocycles. The fourth-order valence-electron chi connectivity index (χ4n) is 4.34. The second-order valence-electron chi connectivity index (χ2n) is 7.23. The third-order valence-electron chi connectivity index (χ3n) is 6.04. The van der Waals surface area contributed by atoms with E-state index in [9.17, 15) is 19.1 Å². The topological polar surface area (TPSA) is 79.3 Å². The molecule has 1 atom stereocenters. The number of halogens is 1. The van der Waals surface area contributed by atoms with Gasteiger partial charge in [0.05, 0.1) is 25.7 Å². The molecule has 1 N–H and O–H groups in total. The highest BCUT2D eigenvalue weighted by molar-refractivity contribution is 5.88. The van der Waals surface area contributed by atoms with Crippen molar-refractivity contribution in [2.45, 2.75) is 31.3 Å². The van der Waals surface area contributed by atoms with E-state index in [0.717, 1.165) is 0 Å². The molecule has 1 amide bonds. The lowest BCUT2D eigenvalue weighted by Gasteiger charge is -2.45. The molecule has 2 fully saturated rings. The minimum Gasteiger partial charge on any atom is -0.493 e. The number of methoxy groups -OCH3 is 2. The summed E-state index contributed by atoms with van der Waals surface area (Å²) in [6, 6.07) is 2.94. The van der Waals surface area contributed by atoms with Crippen LogP contribution in [0.25, 0.3) is 0 Å². The number of nitrogens with zero attached hydrogens (tertiary/aromatic N) is 2. The van der Waals surface area contributed by atoms with Crippen molar-refractivity contribution in [3.05, 3.63) is 23.5 Å². The van der Waals surface area contributed by atoms with E-state index in [2.05, 4.69) is 4.90 Å². The molecule has 1 aromatic carbocycles. The second kappa shape index (κ2) is 7.34. The summed E-state index contributed by atoms with van der Waals surface area (Å²) in [6.07, 6.45) is 1.17. The number of aliphatic carboxylic acids is 1. The van der Waals surface area contributed by atoms with Crippen LogP contribution in [-0.4, -0.2) is 66.7 Å². The molecule has 7 nitrogen and oxygen atoms in total. The van der Waals surface area contributed by atoms with Crippen molar-refractivity contribution in [3.8, 4) is 11.5 Å². The Morgan fingerprint density at radius 3 is 2.41 bits per heavy atom. The van der Waals surface area contributed by atoms with Crippen molar-refractivity contribution >= 4 is 11.9 Å². The quantitative estimate of drug-likeness (QED) is 0.838. The molecule has 1 aromatic rings. The van der Waals surface area contributed by atoms with Crippen LogP contribution in [0.4, 0.5) is 4.39 Å². The maximum absolute atomic E-state index is 14.4. The molecule has 3 rings (SSSR count). The Balaban J connectivity index is 1.73. The van der Waals surface area contributed by atoms with Crippen LogP contribution >= 0.6 is 0 Å². The molecule has 2 saturated heterocycles. The summed E-state index contributed by atoms with van der Waals surface area (Å²) in [7, 11) is 4.65. The molecular formula is C19H25FN2O5. The monoisotopic (exact) mass is 380 g/mol. The van der Waals surface area contributed by atoms with Crippen LogP contribution in [0.3, 0.4) is 0 Å². The second-order valence-corrected chi connectivity index (χ2v) is 7.23. The SMILES string of the molecule is COc1cc(F)c(CN2CCC3(CC2)C(C(=O)O)CC(=O)N3C)cc1OC. The Morgan fingerprint density at radius 1 is 1.26 bits per heavy atom. The van der Waals surface area contributed by atoms with Gasteiger partial charge in [-0.1, -0.05) is 0 Å². The molecule has 27 heavy (non-hydrogen) atoms. The summed E-state index contributed by atoms with van der Waals surface area (Å²) >= 11 is 0. The van der Waals surface area contributed by atoms with Crippen LogP contribution in [0.1, 0.15) is 24.8 Å². The van der Waals surface area contributed by atoms with Gasteiger partial charge in [0.1, 0.15) is 5.82 Å². The molecule has 1 spiro atoms. The average Bonchev–Trinajstić information content (AvgIpc) is 2.90. The summed E-state index contributed by atoms with van der Waals surface area (Å²) < 4.78 is 24.7. The zero-order valence-electron chi connectivity index (χ0n) is 15.8. The van der Waals surface area contributed by atoms with Gasteiger partial charge in [0.25, 0.3) is 0 Å². The first-order valence-electron chi connectivity index (χ1n) is 8.94. The Morgan fingerprint density at radius 2 is 1.85 bits per heavy atom. The maximum atomic E-state index is 14.4. The number of amides is 1. The lowest BCUT2D eigenvalue weighted by atomic mass is 9.77. The van der Waals surface area contributed by atoms with Crippen molar-refractivity contribution in [3.63, 3.8) is 0 Å². The van der Waals surface area contributed by atoms with E-state index in [1.807, 2.05) is 0 Å². The zero-order chi connectivity index (χ0) is 19.8. The summed E-state index contributed by atoms with van der Waals surface area (Å²) in [4.78, 5) is 27.4. The fraction of sp³-hybridized carbons (Fsp3) is 0.579. The highest BCUT2D eigenvalue weighted by Crippen LogP contribution is 2.43. The Kier molecular flexibility index (Phi) is 5.28. The first-order chi connectivity index (χ1) is 12.8. The van der Waals surface area contributed by atoms with E-state index in [1.54, 1.807) is 18.0 Å². The molecular weight excluding hydrogens is 355 g/mol. The number of carboxylic acid groups (broad SMARTS) is 1. The van der Waals surface area contributed by atoms with Gasteiger partial charge in [-0.25, -0.2) is 4.39 Å². The van der Waals surface area contributed by atoms with E-state index in [-0.39, 0.29) is 18.1 Å². The number of carbonyl (C=O) groups excluding carboxylic acids is 1. The van der Waals surface area contributed by atoms with Gasteiger partial charge in [0.2, 0.25) is 5.91 Å². The first-order valence-corrected chi connectivity index (χ1v) is 8.94. The van der Waals surface area contributed by atoms with Gasteiger partial charge in [-0.15, -0.1) is 0 Å². The van der Waals surface area contributed by atoms with Crippen LogP contribution < -0.4 is 9.47 Å². The summed E-state index contributed by atoms with van der Waals surface area (Å²) in [5.41, 5.74) is -0.149. The van der Waals surface area contributed by atoms with Gasteiger partial charge in [0, 0.05) is 44.7 Å². The van der Waals surface area contributed by atoms with Gasteiger partial charge >= 0.3 is 5.97 Å². The number of likely N-dealkylation sites (tertiary alicyclic amines) is 2. The minimum atomic E-state index is -0.924. The van der Waals surface area contributed by atoms with Gasteiger partial charge < -0.3 is 19.5 Å². The van der Waals surface area contributed by atoms with Crippen LogP contribution in [0.2, 0.25) is 0 Å². The number of hydrogen-bond acceptors (Lipinski definition) is 5. The minimum absolute atomic E-state index is 0.0517. The first kappa shape index (κ1) is 19.4. The summed E-state index contributed by atoms with van der Waals surface area (Å²) in [5.74, 6) is -1.30. The van der Waals surface area contributed by atoms with Crippen LogP contribution in [0.15, 0.2) is 12.1 Å². The van der Waals surface area contributed by atoms with E-state index in [0.29, 0.717) is 49.5 Å². The number of rotatable bonds is 5. The van der Waals surface area contributed by atoms with Gasteiger partial charge in [-0.2, -0.15) is 0 Å². The van der Waals surface area contributed by atoms with E-state index >= 15 is 0 Å². The molecule has 148 valence electrons. The number of benzene rings is 1. The average molecular weight is 380 g/mol. The third kappa shape index (κ3) is 3.34. The van der Waals surface area contributed by atoms with Crippen molar-refractivity contribution in [1.82, 2.24) is 9.80 Å². The molecule has 0 aromatic heterocycles. The van der Waals surface area contributed by atoms with Crippen LogP contribution in [-0.2, 0) is 16.1 Å². The van der Waals surface area contributed by atoms with Gasteiger partial charge in [-0.3, -0.25) is 14.5 Å². The highest BCUT2D eigenvalue weighted by atomic mass is 19.1. The summed E-state index contributed by atoms with van der Waals surface area (Å²) in [5, 5.41) is 9.54. The smallest absolute Gasteiger partial charge is 0.309 e. The van der Waals surface area contributed by atoms with E-state index in [4.69, 9.17) is 9.47 Å². The number of ether oxygens (including phenoxy) is 2. The Labute approximate surface area is 157 Å². The number of hydrogen-bond donors (Lipinski definition) is 1. The number of carbonyl (C=O) groups is 2. The standard InChI is InChI=1S/C19H25FN2O5/c1-21-17(23)9-13(18(24)25)19(21)4-6-22(7-5-19)11-12-8-15(26-2)16(27-3)10-14(12)20/h8,10,13H,4-7,9,11H2,1-3H3,(H,24,25). The molecule has 8 heteroatoms.